The second-order valence-electron chi connectivity index (χ2n) is 6.11. The SMILES string of the molecule is Cl.O=S(=O)(c1ccccc1Br)n1ccc2c(N3CCNCC3)c(Cl)ccc21. The van der Waals surface area contributed by atoms with Crippen molar-refractivity contribution in [3.05, 3.63) is 58.2 Å². The predicted molar refractivity (Wildman–Crippen MR) is 116 cm³/mol. The summed E-state index contributed by atoms with van der Waals surface area (Å²) < 4.78 is 28.2. The number of hydrogen-bond acceptors (Lipinski definition) is 4. The minimum absolute atomic E-state index is 0. The molecule has 1 aliphatic heterocycles. The van der Waals surface area contributed by atoms with E-state index in [2.05, 4.69) is 26.1 Å². The van der Waals surface area contributed by atoms with Crippen LogP contribution in [0.1, 0.15) is 0 Å². The molecule has 4 rings (SSSR count). The number of nitrogens with one attached hydrogen (secondary N) is 1. The second kappa shape index (κ2) is 8.01. The van der Waals surface area contributed by atoms with Gasteiger partial charge in [0.1, 0.15) is 4.90 Å². The Labute approximate surface area is 177 Å². The third-order valence-electron chi connectivity index (χ3n) is 4.57. The van der Waals surface area contributed by atoms with Gasteiger partial charge in [-0.25, -0.2) is 12.4 Å². The number of piperazine rings is 1. The van der Waals surface area contributed by atoms with Crippen LogP contribution in [0.5, 0.6) is 0 Å². The van der Waals surface area contributed by atoms with E-state index in [0.717, 1.165) is 37.3 Å². The van der Waals surface area contributed by atoms with Crippen LogP contribution in [-0.4, -0.2) is 38.6 Å². The molecule has 0 aliphatic carbocycles. The molecule has 0 spiro atoms. The van der Waals surface area contributed by atoms with Gasteiger partial charge in [-0.15, -0.1) is 12.4 Å². The van der Waals surface area contributed by atoms with Gasteiger partial charge in [-0.05, 0) is 46.3 Å². The lowest BCUT2D eigenvalue weighted by atomic mass is 10.2. The molecule has 0 amide bonds. The largest absolute Gasteiger partial charge is 0.367 e. The van der Waals surface area contributed by atoms with Gasteiger partial charge in [0, 0.05) is 42.2 Å². The average molecular weight is 491 g/mol. The maximum Gasteiger partial charge on any atom is 0.269 e. The Balaban J connectivity index is 0.00000210. The van der Waals surface area contributed by atoms with Crippen LogP contribution in [0.4, 0.5) is 5.69 Å². The summed E-state index contributed by atoms with van der Waals surface area (Å²) in [5.41, 5.74) is 1.52. The summed E-state index contributed by atoms with van der Waals surface area (Å²) in [7, 11) is -3.72. The fraction of sp³-hybridized carbons (Fsp3) is 0.222. The Kier molecular flexibility index (Phi) is 6.08. The zero-order chi connectivity index (χ0) is 18.3. The highest BCUT2D eigenvalue weighted by atomic mass is 79.9. The van der Waals surface area contributed by atoms with Crippen molar-refractivity contribution < 1.29 is 8.42 Å². The van der Waals surface area contributed by atoms with Gasteiger partial charge in [-0.3, -0.25) is 0 Å². The van der Waals surface area contributed by atoms with Crippen LogP contribution < -0.4 is 10.2 Å². The Morgan fingerprint density at radius 3 is 2.44 bits per heavy atom. The number of halogens is 3. The molecule has 0 unspecified atom stereocenters. The molecular weight excluding hydrogens is 473 g/mol. The fourth-order valence-corrected chi connectivity index (χ4v) is 5.93. The predicted octanol–water partition coefficient (Wildman–Crippen LogP) is 4.13. The summed E-state index contributed by atoms with van der Waals surface area (Å²) in [5, 5.41) is 4.80. The van der Waals surface area contributed by atoms with Crippen molar-refractivity contribution >= 4 is 66.6 Å². The number of fused-ring (bicyclic) bond motifs is 1. The number of benzene rings is 2. The first-order chi connectivity index (χ1) is 12.5. The Morgan fingerprint density at radius 2 is 1.74 bits per heavy atom. The molecule has 2 aromatic carbocycles. The normalized spacial score (nSPS) is 15.0. The Bertz CT molecular complexity index is 1080. The molecule has 1 saturated heterocycles. The van der Waals surface area contributed by atoms with E-state index in [-0.39, 0.29) is 17.3 Å². The molecule has 1 N–H and O–H groups in total. The summed E-state index contributed by atoms with van der Waals surface area (Å²) in [6, 6.07) is 12.2. The quantitative estimate of drug-likeness (QED) is 0.599. The van der Waals surface area contributed by atoms with Crippen molar-refractivity contribution in [3.8, 4) is 0 Å². The number of aromatic nitrogens is 1. The van der Waals surface area contributed by atoms with E-state index in [4.69, 9.17) is 11.6 Å². The highest BCUT2D eigenvalue weighted by molar-refractivity contribution is 9.10. The maximum atomic E-state index is 13.2. The van der Waals surface area contributed by atoms with Crippen molar-refractivity contribution in [2.24, 2.45) is 0 Å². The molecule has 2 heterocycles. The molecule has 5 nitrogen and oxygen atoms in total. The van der Waals surface area contributed by atoms with Crippen LogP contribution in [0, 0.1) is 0 Å². The van der Waals surface area contributed by atoms with Crippen molar-refractivity contribution in [2.45, 2.75) is 4.90 Å². The highest BCUT2D eigenvalue weighted by Crippen LogP contribution is 2.37. The van der Waals surface area contributed by atoms with Gasteiger partial charge < -0.3 is 10.2 Å². The average Bonchev–Trinajstić information content (AvgIpc) is 3.07. The van der Waals surface area contributed by atoms with E-state index >= 15 is 0 Å². The Morgan fingerprint density at radius 1 is 1.04 bits per heavy atom. The van der Waals surface area contributed by atoms with Gasteiger partial charge in [0.15, 0.2) is 0 Å². The monoisotopic (exact) mass is 489 g/mol. The standard InChI is InChI=1S/C18H17BrClN3O2S.ClH/c19-14-3-1-2-4-17(14)26(24,25)23-10-7-13-16(23)6-5-15(20)18(13)22-11-8-21-9-12-22;/h1-7,10,21H,8-9,11-12H2;1H. The number of rotatable bonds is 3. The molecular formula is C18H18BrCl2N3O2S. The first-order valence-electron chi connectivity index (χ1n) is 8.25. The second-order valence-corrected chi connectivity index (χ2v) is 9.16. The molecule has 0 radical (unpaired) electrons. The summed E-state index contributed by atoms with van der Waals surface area (Å²) in [4.78, 5) is 2.44. The zero-order valence-corrected chi connectivity index (χ0v) is 18.2. The van der Waals surface area contributed by atoms with Crippen LogP contribution in [0.15, 0.2) is 58.0 Å². The van der Waals surface area contributed by atoms with Crippen molar-refractivity contribution in [2.75, 3.05) is 31.1 Å². The van der Waals surface area contributed by atoms with E-state index in [9.17, 15) is 8.42 Å². The van der Waals surface area contributed by atoms with Crippen LogP contribution in [0.2, 0.25) is 5.02 Å². The van der Waals surface area contributed by atoms with Gasteiger partial charge >= 0.3 is 0 Å². The summed E-state index contributed by atoms with van der Waals surface area (Å²) >= 11 is 9.82. The van der Waals surface area contributed by atoms with E-state index in [1.54, 1.807) is 42.6 Å². The highest BCUT2D eigenvalue weighted by Gasteiger charge is 2.24. The van der Waals surface area contributed by atoms with Crippen molar-refractivity contribution in [1.29, 1.82) is 0 Å². The fourth-order valence-electron chi connectivity index (χ4n) is 3.33. The molecule has 0 bridgehead atoms. The lowest BCUT2D eigenvalue weighted by Gasteiger charge is -2.30. The number of nitrogens with zero attached hydrogens (tertiary/aromatic N) is 2. The smallest absolute Gasteiger partial charge is 0.269 e. The minimum Gasteiger partial charge on any atom is -0.367 e. The van der Waals surface area contributed by atoms with E-state index in [1.807, 2.05) is 6.07 Å². The van der Waals surface area contributed by atoms with Crippen molar-refractivity contribution in [3.63, 3.8) is 0 Å². The molecule has 1 fully saturated rings. The number of hydrogen-bond donors (Lipinski definition) is 1. The molecule has 1 aliphatic rings. The van der Waals surface area contributed by atoms with E-state index < -0.39 is 10.0 Å². The molecule has 27 heavy (non-hydrogen) atoms. The van der Waals surface area contributed by atoms with Crippen LogP contribution in [-0.2, 0) is 10.0 Å². The minimum atomic E-state index is -3.72. The third-order valence-corrected chi connectivity index (χ3v) is 7.57. The first-order valence-corrected chi connectivity index (χ1v) is 10.9. The molecule has 0 atom stereocenters. The van der Waals surface area contributed by atoms with Crippen molar-refractivity contribution in [1.82, 2.24) is 9.29 Å². The third kappa shape index (κ3) is 3.59. The zero-order valence-electron chi connectivity index (χ0n) is 14.2. The summed E-state index contributed by atoms with van der Waals surface area (Å²) in [6.07, 6.45) is 1.60. The molecule has 1 aromatic heterocycles. The lowest BCUT2D eigenvalue weighted by molar-refractivity contribution is 0.588. The van der Waals surface area contributed by atoms with Crippen LogP contribution >= 0.6 is 39.9 Å². The van der Waals surface area contributed by atoms with Crippen LogP contribution in [0.3, 0.4) is 0 Å². The maximum absolute atomic E-state index is 13.2. The van der Waals surface area contributed by atoms with Crippen LogP contribution in [0.25, 0.3) is 10.9 Å². The van der Waals surface area contributed by atoms with Gasteiger partial charge in [-0.1, -0.05) is 23.7 Å². The van der Waals surface area contributed by atoms with E-state index in [0.29, 0.717) is 15.0 Å². The molecule has 144 valence electrons. The molecule has 9 heteroatoms. The summed E-state index contributed by atoms with van der Waals surface area (Å²) in [5.74, 6) is 0. The van der Waals surface area contributed by atoms with Gasteiger partial charge in [0.2, 0.25) is 0 Å². The Hall–Kier alpha value is -1.25. The first kappa shape index (κ1) is 20.5. The molecule has 3 aromatic rings. The number of anilines is 1. The molecule has 0 saturated carbocycles. The van der Waals surface area contributed by atoms with Gasteiger partial charge in [0.25, 0.3) is 10.0 Å². The lowest BCUT2D eigenvalue weighted by Crippen LogP contribution is -2.43. The van der Waals surface area contributed by atoms with Gasteiger partial charge in [0.05, 0.1) is 16.2 Å². The van der Waals surface area contributed by atoms with Gasteiger partial charge in [-0.2, -0.15) is 0 Å². The summed E-state index contributed by atoms with van der Waals surface area (Å²) in [6.45, 7) is 3.42. The topological polar surface area (TPSA) is 54.3 Å². The van der Waals surface area contributed by atoms with E-state index in [1.165, 1.54) is 3.97 Å².